The first kappa shape index (κ1) is 9.01. The Morgan fingerprint density at radius 1 is 1.25 bits per heavy atom. The van der Waals surface area contributed by atoms with Gasteiger partial charge in [0.1, 0.15) is 0 Å². The molecule has 1 heteroatoms. The van der Waals surface area contributed by atoms with Gasteiger partial charge in [-0.25, -0.2) is 0 Å². The van der Waals surface area contributed by atoms with E-state index in [1.54, 1.807) is 13.0 Å². The van der Waals surface area contributed by atoms with E-state index >= 15 is 0 Å². The summed E-state index contributed by atoms with van der Waals surface area (Å²) >= 11 is 0. The summed E-state index contributed by atoms with van der Waals surface area (Å²) in [7, 11) is 0. The van der Waals surface area contributed by atoms with Gasteiger partial charge in [-0.05, 0) is 19.4 Å². The fraction of sp³-hybridized carbons (Fsp3) is 0.273. The molecule has 12 heavy (non-hydrogen) atoms. The van der Waals surface area contributed by atoms with E-state index in [0.717, 1.165) is 5.56 Å². The Hall–Kier alpha value is -1.08. The molecular weight excluding hydrogens is 148 g/mol. The van der Waals surface area contributed by atoms with E-state index in [2.05, 4.69) is 19.1 Å². The van der Waals surface area contributed by atoms with Crippen molar-refractivity contribution in [1.82, 2.24) is 0 Å². The zero-order chi connectivity index (χ0) is 8.97. The van der Waals surface area contributed by atoms with Crippen molar-refractivity contribution in [2.24, 2.45) is 0 Å². The van der Waals surface area contributed by atoms with Gasteiger partial charge in [0, 0.05) is 0 Å². The van der Waals surface area contributed by atoms with Gasteiger partial charge in [0.25, 0.3) is 0 Å². The first-order chi connectivity index (χ1) is 5.68. The van der Waals surface area contributed by atoms with Gasteiger partial charge in [0.05, 0.1) is 6.10 Å². The molecule has 0 radical (unpaired) electrons. The first-order valence-corrected chi connectivity index (χ1v) is 4.11. The highest BCUT2D eigenvalue weighted by atomic mass is 16.3. The smallest absolute Gasteiger partial charge is 0.0696 e. The second kappa shape index (κ2) is 4.07. The number of aliphatic hydroxyl groups is 1. The van der Waals surface area contributed by atoms with Crippen LogP contribution in [0, 0.1) is 6.92 Å². The maximum absolute atomic E-state index is 8.98. The van der Waals surface area contributed by atoms with Crippen molar-refractivity contribution in [3.05, 3.63) is 41.5 Å². The highest BCUT2D eigenvalue weighted by Crippen LogP contribution is 2.05. The lowest BCUT2D eigenvalue weighted by atomic mass is 10.1. The van der Waals surface area contributed by atoms with Crippen molar-refractivity contribution in [3.63, 3.8) is 0 Å². The van der Waals surface area contributed by atoms with Crippen LogP contribution in [0.5, 0.6) is 0 Å². The van der Waals surface area contributed by atoms with Crippen molar-refractivity contribution in [2.75, 3.05) is 0 Å². The molecule has 64 valence electrons. The predicted octanol–water partition coefficient (Wildman–Crippen LogP) is 2.39. The zero-order valence-corrected chi connectivity index (χ0v) is 7.49. The maximum atomic E-state index is 8.98. The van der Waals surface area contributed by atoms with Gasteiger partial charge in [-0.3, -0.25) is 0 Å². The molecule has 0 aliphatic carbocycles. The zero-order valence-electron chi connectivity index (χ0n) is 7.49. The van der Waals surface area contributed by atoms with Gasteiger partial charge < -0.3 is 5.11 Å². The van der Waals surface area contributed by atoms with Crippen LogP contribution in [0.2, 0.25) is 0 Å². The van der Waals surface area contributed by atoms with E-state index < -0.39 is 0 Å². The second-order valence-electron chi connectivity index (χ2n) is 3.01. The first-order valence-electron chi connectivity index (χ1n) is 4.11. The summed E-state index contributed by atoms with van der Waals surface area (Å²) in [6.07, 6.45) is 3.32. The molecule has 1 nitrogen and oxygen atoms in total. The number of hydrogen-bond donors (Lipinski definition) is 1. The summed E-state index contributed by atoms with van der Waals surface area (Å²) in [6, 6.07) is 8.19. The molecular formula is C11H14O. The Morgan fingerprint density at radius 3 is 2.33 bits per heavy atom. The average molecular weight is 162 g/mol. The maximum Gasteiger partial charge on any atom is 0.0696 e. The number of aryl methyl sites for hydroxylation is 1. The number of rotatable bonds is 2. The highest BCUT2D eigenvalue weighted by molar-refractivity contribution is 5.49. The van der Waals surface area contributed by atoms with Crippen LogP contribution in [-0.4, -0.2) is 11.2 Å². The van der Waals surface area contributed by atoms with Crippen LogP contribution in [0.4, 0.5) is 0 Å². The van der Waals surface area contributed by atoms with Crippen LogP contribution >= 0.6 is 0 Å². The molecule has 0 aromatic heterocycles. The Bertz CT molecular complexity index is 257. The fourth-order valence-electron chi connectivity index (χ4n) is 0.928. The van der Waals surface area contributed by atoms with E-state index in [-0.39, 0.29) is 6.10 Å². The minimum absolute atomic E-state index is 0.369. The molecule has 0 heterocycles. The summed E-state index contributed by atoms with van der Waals surface area (Å²) in [5.41, 5.74) is 2.38. The largest absolute Gasteiger partial charge is 0.389 e. The van der Waals surface area contributed by atoms with E-state index in [4.69, 9.17) is 5.11 Å². The minimum Gasteiger partial charge on any atom is -0.389 e. The Balaban J connectivity index is 2.71. The van der Waals surface area contributed by atoms with Crippen LogP contribution in [0.1, 0.15) is 18.1 Å². The van der Waals surface area contributed by atoms with Crippen molar-refractivity contribution in [1.29, 1.82) is 0 Å². The summed E-state index contributed by atoms with van der Waals surface area (Å²) < 4.78 is 0. The van der Waals surface area contributed by atoms with E-state index in [9.17, 15) is 0 Å². The normalized spacial score (nSPS) is 13.6. The van der Waals surface area contributed by atoms with Crippen molar-refractivity contribution in [2.45, 2.75) is 20.0 Å². The van der Waals surface area contributed by atoms with Gasteiger partial charge in [0.15, 0.2) is 0 Å². The van der Waals surface area contributed by atoms with E-state index in [0.29, 0.717) is 0 Å². The molecule has 1 aromatic carbocycles. The Labute approximate surface area is 73.4 Å². The standard InChI is InChI=1S/C11H14O/c1-9-3-6-11(7-4-9)8-5-10(2)12/h3-8,10,12H,1-2H3/t10-/m1/s1. The third kappa shape index (κ3) is 2.89. The lowest BCUT2D eigenvalue weighted by Gasteiger charge is -1.96. The number of benzene rings is 1. The highest BCUT2D eigenvalue weighted by Gasteiger charge is 1.88. The molecule has 1 aromatic rings. The SMILES string of the molecule is Cc1ccc(C=C[C@@H](C)O)cc1. The Kier molecular flexibility index (Phi) is 3.06. The topological polar surface area (TPSA) is 20.2 Å². The molecule has 0 bridgehead atoms. The molecule has 0 saturated heterocycles. The predicted molar refractivity (Wildman–Crippen MR) is 51.9 cm³/mol. The summed E-state index contributed by atoms with van der Waals surface area (Å²) in [5, 5.41) is 8.98. The average Bonchev–Trinajstić information content (AvgIpc) is 2.03. The van der Waals surface area contributed by atoms with Crippen LogP contribution in [0.25, 0.3) is 6.08 Å². The van der Waals surface area contributed by atoms with Gasteiger partial charge in [0.2, 0.25) is 0 Å². The number of hydrogen-bond acceptors (Lipinski definition) is 1. The van der Waals surface area contributed by atoms with Crippen LogP contribution in [-0.2, 0) is 0 Å². The van der Waals surface area contributed by atoms with Crippen LogP contribution in [0.15, 0.2) is 30.3 Å². The van der Waals surface area contributed by atoms with Crippen LogP contribution in [0.3, 0.4) is 0 Å². The molecule has 0 fully saturated rings. The fourth-order valence-corrected chi connectivity index (χ4v) is 0.928. The molecule has 0 spiro atoms. The molecule has 1 N–H and O–H groups in total. The van der Waals surface area contributed by atoms with Crippen molar-refractivity contribution in [3.8, 4) is 0 Å². The quantitative estimate of drug-likeness (QED) is 0.708. The van der Waals surface area contributed by atoms with Crippen molar-refractivity contribution < 1.29 is 5.11 Å². The lowest BCUT2D eigenvalue weighted by molar-refractivity contribution is 0.245. The lowest BCUT2D eigenvalue weighted by Crippen LogP contribution is -1.91. The molecule has 1 atom stereocenters. The summed E-state index contributed by atoms with van der Waals surface area (Å²) in [6.45, 7) is 3.80. The molecule has 0 saturated carbocycles. The summed E-state index contributed by atoms with van der Waals surface area (Å²) in [4.78, 5) is 0. The Morgan fingerprint density at radius 2 is 1.83 bits per heavy atom. The third-order valence-electron chi connectivity index (χ3n) is 1.64. The summed E-state index contributed by atoms with van der Waals surface area (Å²) in [5.74, 6) is 0. The molecule has 0 aliphatic rings. The van der Waals surface area contributed by atoms with E-state index in [1.807, 2.05) is 18.2 Å². The molecule has 0 unspecified atom stereocenters. The van der Waals surface area contributed by atoms with Gasteiger partial charge in [-0.1, -0.05) is 42.0 Å². The number of aliphatic hydroxyl groups excluding tert-OH is 1. The van der Waals surface area contributed by atoms with Crippen molar-refractivity contribution >= 4 is 6.08 Å². The van der Waals surface area contributed by atoms with Gasteiger partial charge in [-0.15, -0.1) is 0 Å². The molecule has 0 amide bonds. The van der Waals surface area contributed by atoms with Gasteiger partial charge >= 0.3 is 0 Å². The third-order valence-corrected chi connectivity index (χ3v) is 1.64. The minimum atomic E-state index is -0.369. The van der Waals surface area contributed by atoms with Crippen LogP contribution < -0.4 is 0 Å². The molecule has 0 aliphatic heterocycles. The monoisotopic (exact) mass is 162 g/mol. The second-order valence-corrected chi connectivity index (χ2v) is 3.01. The van der Waals surface area contributed by atoms with Gasteiger partial charge in [-0.2, -0.15) is 0 Å². The molecule has 1 rings (SSSR count). The van der Waals surface area contributed by atoms with E-state index in [1.165, 1.54) is 5.56 Å².